The molecule has 0 nitrogen and oxygen atoms in total. The molecule has 1 aromatic carbocycles. The van der Waals surface area contributed by atoms with Crippen molar-refractivity contribution in [1.82, 2.24) is 0 Å². The van der Waals surface area contributed by atoms with E-state index in [0.29, 0.717) is 0 Å². The van der Waals surface area contributed by atoms with Crippen molar-refractivity contribution in [3.63, 3.8) is 0 Å². The fraction of sp³-hybridized carbons (Fsp3) is 0.630. The molecular weight excluding hydrogens is 324 g/mol. The SMILES string of the molecule is CCCCCCCCCCC1C=CC(c2ccc(CCCCC)cc2)=CC1. The Bertz CT molecular complexity index is 546. The lowest BCUT2D eigenvalue weighted by molar-refractivity contribution is 0.514. The van der Waals surface area contributed by atoms with Gasteiger partial charge in [0.1, 0.15) is 0 Å². The zero-order valence-electron chi connectivity index (χ0n) is 18.0. The number of hydrogen-bond donors (Lipinski definition) is 0. The van der Waals surface area contributed by atoms with Crippen molar-refractivity contribution in [3.8, 4) is 0 Å². The lowest BCUT2D eigenvalue weighted by Crippen LogP contribution is -2.00. The van der Waals surface area contributed by atoms with Crippen LogP contribution in [0.15, 0.2) is 42.5 Å². The third-order valence-corrected chi connectivity index (χ3v) is 5.97. The molecule has 150 valence electrons. The van der Waals surface area contributed by atoms with Crippen molar-refractivity contribution in [2.75, 3.05) is 0 Å². The van der Waals surface area contributed by atoms with Crippen LogP contribution < -0.4 is 0 Å². The maximum absolute atomic E-state index is 2.46. The van der Waals surface area contributed by atoms with Crippen LogP contribution in [0.4, 0.5) is 0 Å². The van der Waals surface area contributed by atoms with Crippen molar-refractivity contribution < 1.29 is 0 Å². The monoisotopic (exact) mass is 366 g/mol. The van der Waals surface area contributed by atoms with Crippen LogP contribution in [0.1, 0.15) is 108 Å². The van der Waals surface area contributed by atoms with Gasteiger partial charge in [-0.25, -0.2) is 0 Å². The van der Waals surface area contributed by atoms with Gasteiger partial charge >= 0.3 is 0 Å². The highest BCUT2D eigenvalue weighted by molar-refractivity contribution is 5.75. The molecule has 0 N–H and O–H groups in total. The van der Waals surface area contributed by atoms with E-state index in [0.717, 1.165) is 5.92 Å². The quantitative estimate of drug-likeness (QED) is 0.288. The first kappa shape index (κ1) is 22.0. The summed E-state index contributed by atoms with van der Waals surface area (Å²) in [5.74, 6) is 0.766. The number of rotatable bonds is 14. The Labute approximate surface area is 169 Å². The lowest BCUT2D eigenvalue weighted by atomic mass is 9.89. The van der Waals surface area contributed by atoms with Crippen LogP contribution in [-0.4, -0.2) is 0 Å². The summed E-state index contributed by atoms with van der Waals surface area (Å²) in [6.45, 7) is 4.56. The summed E-state index contributed by atoms with van der Waals surface area (Å²) in [6, 6.07) is 9.28. The molecule has 1 unspecified atom stereocenters. The molecule has 2 rings (SSSR count). The minimum absolute atomic E-state index is 0.766. The Balaban J connectivity index is 1.62. The zero-order valence-corrected chi connectivity index (χ0v) is 18.0. The highest BCUT2D eigenvalue weighted by Crippen LogP contribution is 2.27. The Morgan fingerprint density at radius 1 is 0.741 bits per heavy atom. The summed E-state index contributed by atoms with van der Waals surface area (Å²) in [7, 11) is 0. The average Bonchev–Trinajstić information content (AvgIpc) is 2.71. The first-order valence-electron chi connectivity index (χ1n) is 11.8. The molecule has 0 saturated heterocycles. The summed E-state index contributed by atoms with van der Waals surface area (Å²) in [5, 5.41) is 0. The average molecular weight is 367 g/mol. The third-order valence-electron chi connectivity index (χ3n) is 5.97. The lowest BCUT2D eigenvalue weighted by Gasteiger charge is -2.16. The van der Waals surface area contributed by atoms with Gasteiger partial charge in [-0.2, -0.15) is 0 Å². The van der Waals surface area contributed by atoms with Crippen LogP contribution in [0.25, 0.3) is 5.57 Å². The molecule has 0 heterocycles. The molecule has 1 atom stereocenters. The standard InChI is InChI=1S/C27H42/c1-3-5-7-8-9-10-11-13-15-25-18-22-27(23-19-25)26-20-16-24(17-21-26)14-12-6-4-2/h16-18,20-23,25H,3-15,19H2,1-2H3. The van der Waals surface area contributed by atoms with Crippen LogP contribution in [0, 0.1) is 5.92 Å². The molecule has 27 heavy (non-hydrogen) atoms. The molecule has 0 radical (unpaired) electrons. The Kier molecular flexibility index (Phi) is 11.2. The van der Waals surface area contributed by atoms with Gasteiger partial charge in [-0.05, 0) is 48.3 Å². The second kappa shape index (κ2) is 13.8. The highest BCUT2D eigenvalue weighted by Gasteiger charge is 2.10. The van der Waals surface area contributed by atoms with E-state index < -0.39 is 0 Å². The van der Waals surface area contributed by atoms with Crippen molar-refractivity contribution in [2.24, 2.45) is 5.92 Å². The number of benzene rings is 1. The van der Waals surface area contributed by atoms with Crippen molar-refractivity contribution >= 4 is 5.57 Å². The normalized spacial score (nSPS) is 16.5. The Morgan fingerprint density at radius 3 is 2.00 bits per heavy atom. The predicted octanol–water partition coefficient (Wildman–Crippen LogP) is 8.91. The first-order chi connectivity index (χ1) is 13.3. The van der Waals surface area contributed by atoms with E-state index in [4.69, 9.17) is 0 Å². The fourth-order valence-electron chi connectivity index (χ4n) is 4.08. The molecule has 0 fully saturated rings. The van der Waals surface area contributed by atoms with E-state index >= 15 is 0 Å². The van der Waals surface area contributed by atoms with Crippen LogP contribution >= 0.6 is 0 Å². The van der Waals surface area contributed by atoms with E-state index in [9.17, 15) is 0 Å². The van der Waals surface area contributed by atoms with Gasteiger partial charge < -0.3 is 0 Å². The molecule has 0 aliphatic heterocycles. The minimum Gasteiger partial charge on any atom is -0.0805 e. The van der Waals surface area contributed by atoms with Crippen LogP contribution in [0.5, 0.6) is 0 Å². The van der Waals surface area contributed by atoms with Crippen molar-refractivity contribution in [3.05, 3.63) is 53.6 Å². The second-order valence-corrected chi connectivity index (χ2v) is 8.43. The maximum Gasteiger partial charge on any atom is -0.0187 e. The Morgan fingerprint density at radius 2 is 1.37 bits per heavy atom. The van der Waals surface area contributed by atoms with Gasteiger partial charge in [0.05, 0.1) is 0 Å². The molecule has 0 bridgehead atoms. The fourth-order valence-corrected chi connectivity index (χ4v) is 4.08. The molecule has 0 heteroatoms. The molecule has 0 aromatic heterocycles. The van der Waals surface area contributed by atoms with E-state index in [1.807, 2.05) is 0 Å². The van der Waals surface area contributed by atoms with Crippen LogP contribution in [0.2, 0.25) is 0 Å². The minimum atomic E-state index is 0.766. The molecule has 1 aliphatic carbocycles. The number of allylic oxidation sites excluding steroid dienone is 4. The second-order valence-electron chi connectivity index (χ2n) is 8.43. The summed E-state index contributed by atoms with van der Waals surface area (Å²) in [5.41, 5.74) is 4.29. The van der Waals surface area contributed by atoms with Crippen molar-refractivity contribution in [2.45, 2.75) is 104 Å². The molecular formula is C27H42. The molecule has 1 aromatic rings. The van der Waals surface area contributed by atoms with Gasteiger partial charge in [0.25, 0.3) is 0 Å². The summed E-state index contributed by atoms with van der Waals surface area (Å²) in [4.78, 5) is 0. The Hall–Kier alpha value is -1.30. The van der Waals surface area contributed by atoms with Gasteiger partial charge in [0.2, 0.25) is 0 Å². The van der Waals surface area contributed by atoms with Crippen LogP contribution in [0.3, 0.4) is 0 Å². The van der Waals surface area contributed by atoms with Gasteiger partial charge in [0.15, 0.2) is 0 Å². The summed E-state index contributed by atoms with van der Waals surface area (Å²) >= 11 is 0. The van der Waals surface area contributed by atoms with E-state index in [1.165, 1.54) is 107 Å². The molecule has 0 amide bonds. The largest absolute Gasteiger partial charge is 0.0805 e. The van der Waals surface area contributed by atoms with E-state index in [2.05, 4.69) is 56.3 Å². The number of unbranched alkanes of at least 4 members (excludes halogenated alkanes) is 9. The van der Waals surface area contributed by atoms with Gasteiger partial charge in [0, 0.05) is 0 Å². The van der Waals surface area contributed by atoms with Gasteiger partial charge in [-0.15, -0.1) is 0 Å². The first-order valence-corrected chi connectivity index (χ1v) is 11.8. The third kappa shape index (κ3) is 8.96. The molecule has 0 spiro atoms. The summed E-state index contributed by atoms with van der Waals surface area (Å²) in [6.07, 6.45) is 26.4. The smallest absolute Gasteiger partial charge is 0.0187 e. The zero-order chi connectivity index (χ0) is 19.2. The predicted molar refractivity (Wildman–Crippen MR) is 122 cm³/mol. The van der Waals surface area contributed by atoms with Crippen LogP contribution in [-0.2, 0) is 6.42 Å². The van der Waals surface area contributed by atoms with Crippen molar-refractivity contribution in [1.29, 1.82) is 0 Å². The topological polar surface area (TPSA) is 0 Å². The molecule has 1 aliphatic rings. The van der Waals surface area contributed by atoms with Gasteiger partial charge in [-0.1, -0.05) is 121 Å². The van der Waals surface area contributed by atoms with E-state index in [-0.39, 0.29) is 0 Å². The number of aryl methyl sites for hydroxylation is 1. The van der Waals surface area contributed by atoms with Gasteiger partial charge in [-0.3, -0.25) is 0 Å². The maximum atomic E-state index is 2.46. The summed E-state index contributed by atoms with van der Waals surface area (Å²) < 4.78 is 0. The highest BCUT2D eigenvalue weighted by atomic mass is 14.1. The van der Waals surface area contributed by atoms with E-state index in [1.54, 1.807) is 0 Å². The molecule has 0 saturated carbocycles. The number of hydrogen-bond acceptors (Lipinski definition) is 0.